The number of rotatable bonds is 3. The fraction of sp³-hybridized carbons (Fsp3) is 0.268. The molecule has 0 amide bonds. The Labute approximate surface area is 293 Å². The summed E-state index contributed by atoms with van der Waals surface area (Å²) in [5.74, 6) is 0. The van der Waals surface area contributed by atoms with E-state index in [1.54, 1.807) is 0 Å². The maximum absolute atomic E-state index is 3.54. The first kappa shape index (κ1) is 37.7. The van der Waals surface area contributed by atoms with Crippen LogP contribution in [-0.4, -0.2) is 3.21 Å². The van der Waals surface area contributed by atoms with Crippen molar-refractivity contribution in [2.24, 2.45) is 0 Å². The van der Waals surface area contributed by atoms with Crippen LogP contribution in [0.2, 0.25) is 0 Å². The molecule has 0 nitrogen and oxygen atoms in total. The zero-order valence-corrected chi connectivity index (χ0v) is 31.4. The van der Waals surface area contributed by atoms with Gasteiger partial charge in [-0.3, -0.25) is 0 Å². The summed E-state index contributed by atoms with van der Waals surface area (Å²) in [6.07, 6.45) is 2.20. The molecule has 0 bridgehead atoms. The van der Waals surface area contributed by atoms with E-state index in [2.05, 4.69) is 159 Å². The molecule has 3 heteroatoms. The first-order valence-corrected chi connectivity index (χ1v) is 16.3. The van der Waals surface area contributed by atoms with Gasteiger partial charge < -0.3 is 24.8 Å². The molecule has 0 atom stereocenters. The summed E-state index contributed by atoms with van der Waals surface area (Å²) in [6, 6.07) is 38.4. The third-order valence-corrected chi connectivity index (χ3v) is 9.63. The van der Waals surface area contributed by atoms with Gasteiger partial charge in [-0.15, -0.1) is 11.1 Å². The summed E-state index contributed by atoms with van der Waals surface area (Å²) in [5, 5.41) is 0. The second-order valence-corrected chi connectivity index (χ2v) is 13.7. The topological polar surface area (TPSA) is 0 Å². The van der Waals surface area contributed by atoms with Gasteiger partial charge in [-0.25, -0.2) is 6.07 Å². The molecule has 0 unspecified atom stereocenters. The fourth-order valence-electron chi connectivity index (χ4n) is 5.20. The van der Waals surface area contributed by atoms with Crippen molar-refractivity contribution in [1.29, 1.82) is 0 Å². The van der Waals surface area contributed by atoms with E-state index in [1.165, 1.54) is 94.2 Å². The maximum atomic E-state index is 3.54. The number of hydrogen-bond acceptors (Lipinski definition) is 0. The zero-order chi connectivity index (χ0) is 30.4. The van der Waals surface area contributed by atoms with Gasteiger partial charge in [0, 0.05) is 0 Å². The molecular weight excluding hydrogens is 655 g/mol. The monoisotopic (exact) mass is 696 g/mol. The average molecular weight is 699 g/mol. The quantitative estimate of drug-likeness (QED) is 0.241. The van der Waals surface area contributed by atoms with E-state index in [0.29, 0.717) is 5.41 Å². The molecule has 6 rings (SSSR count). The minimum absolute atomic E-state index is 0. The molecule has 1 aliphatic rings. The SMILES string of the molecule is CCc1cc(C(C)(C)C)c[cH-]1.Cc1[c-]c2c(cc1C)-c1cc(C)c(C)cc1C2.[Cl-].[Cl-].[Zr+2]=[C](c1ccccc1)c1ccccc1. The van der Waals surface area contributed by atoms with E-state index >= 15 is 0 Å². The molecule has 0 aliphatic heterocycles. The molecule has 0 spiro atoms. The molecule has 0 N–H and O–H groups in total. The van der Waals surface area contributed by atoms with E-state index in [0.717, 1.165) is 12.8 Å². The van der Waals surface area contributed by atoms with Gasteiger partial charge in [0.2, 0.25) is 0 Å². The Bertz CT molecular complexity index is 1560. The van der Waals surface area contributed by atoms with Gasteiger partial charge in [0.05, 0.1) is 0 Å². The summed E-state index contributed by atoms with van der Waals surface area (Å²) >= 11 is 1.46. The van der Waals surface area contributed by atoms with Gasteiger partial charge >= 0.3 is 99.2 Å². The summed E-state index contributed by atoms with van der Waals surface area (Å²) in [5.41, 5.74) is 16.9. The Hall–Kier alpha value is -2.44. The Morgan fingerprint density at radius 2 is 1.27 bits per heavy atom. The molecule has 0 saturated heterocycles. The van der Waals surface area contributed by atoms with E-state index in [9.17, 15) is 0 Å². The standard InChI is InChI=1S/C17H17.C13H10.C11H17.2ClH.Zr/c1-10-5-14-9-15-6-11(2)13(4)8-17(15)16(14)7-12(10)3;1-3-7-12(8-4-1)11-13-9-5-2-6-10-13;1-5-9-6-7-10(8-9)11(2,3)4;;;/h5,7-8H,9H2,1-4H3;1-10H;6-8H,5H2,1-4H3;2*1H;/q-1;;-1;;;+2/p-2. The van der Waals surface area contributed by atoms with Crippen LogP contribution in [0.15, 0.2) is 97.1 Å². The first-order chi connectivity index (χ1) is 20.0. The molecule has 0 fully saturated rings. The van der Waals surface area contributed by atoms with Crippen LogP contribution in [-0.2, 0) is 42.5 Å². The number of hydrogen-bond donors (Lipinski definition) is 0. The summed E-state index contributed by atoms with van der Waals surface area (Å²) in [4.78, 5) is 0. The van der Waals surface area contributed by atoms with Crippen LogP contribution in [0.5, 0.6) is 0 Å². The van der Waals surface area contributed by atoms with Crippen molar-refractivity contribution < 1.29 is 49.0 Å². The molecule has 0 saturated carbocycles. The summed E-state index contributed by atoms with van der Waals surface area (Å²) in [7, 11) is 0. The second-order valence-electron chi connectivity index (χ2n) is 12.5. The van der Waals surface area contributed by atoms with E-state index in [-0.39, 0.29) is 24.8 Å². The predicted molar refractivity (Wildman–Crippen MR) is 179 cm³/mol. The third kappa shape index (κ3) is 9.53. The Morgan fingerprint density at radius 3 is 1.75 bits per heavy atom. The van der Waals surface area contributed by atoms with Crippen molar-refractivity contribution >= 4 is 3.21 Å². The van der Waals surface area contributed by atoms with Crippen LogP contribution in [0.1, 0.15) is 83.3 Å². The van der Waals surface area contributed by atoms with Gasteiger partial charge in [-0.05, 0) is 37.0 Å². The van der Waals surface area contributed by atoms with Crippen LogP contribution in [0, 0.1) is 33.8 Å². The molecule has 44 heavy (non-hydrogen) atoms. The molecule has 228 valence electrons. The van der Waals surface area contributed by atoms with Crippen molar-refractivity contribution in [3.05, 3.63) is 159 Å². The molecule has 0 heterocycles. The van der Waals surface area contributed by atoms with Crippen LogP contribution < -0.4 is 24.8 Å². The summed E-state index contributed by atoms with van der Waals surface area (Å²) < 4.78 is 1.42. The van der Waals surface area contributed by atoms with Crippen LogP contribution in [0.3, 0.4) is 0 Å². The Kier molecular flexibility index (Phi) is 14.4. The van der Waals surface area contributed by atoms with Crippen molar-refractivity contribution in [2.75, 3.05) is 0 Å². The van der Waals surface area contributed by atoms with Gasteiger partial charge in [0.15, 0.2) is 0 Å². The van der Waals surface area contributed by atoms with E-state index in [1.807, 2.05) is 0 Å². The molecule has 0 aromatic heterocycles. The van der Waals surface area contributed by atoms with Crippen molar-refractivity contribution in [1.82, 2.24) is 0 Å². The molecule has 5 aromatic carbocycles. The van der Waals surface area contributed by atoms with Crippen LogP contribution >= 0.6 is 0 Å². The zero-order valence-electron chi connectivity index (χ0n) is 27.4. The predicted octanol–water partition coefficient (Wildman–Crippen LogP) is 4.37. The Morgan fingerprint density at radius 1 is 0.750 bits per heavy atom. The van der Waals surface area contributed by atoms with Gasteiger partial charge in [-0.1, -0.05) is 71.1 Å². The Balaban J connectivity index is 0.000000231. The molecule has 0 radical (unpaired) electrons. The fourth-order valence-corrected chi connectivity index (χ4v) is 6.02. The number of halogens is 2. The van der Waals surface area contributed by atoms with E-state index in [4.69, 9.17) is 0 Å². The number of fused-ring (bicyclic) bond motifs is 3. The van der Waals surface area contributed by atoms with Crippen LogP contribution in [0.4, 0.5) is 0 Å². The number of benzene rings is 4. The van der Waals surface area contributed by atoms with Crippen molar-refractivity contribution in [2.45, 2.75) is 73.6 Å². The van der Waals surface area contributed by atoms with Gasteiger partial charge in [-0.2, -0.15) is 46.5 Å². The molecule has 5 aromatic rings. The minimum atomic E-state index is 0. The third-order valence-electron chi connectivity index (χ3n) is 8.21. The van der Waals surface area contributed by atoms with Gasteiger partial charge in [0.25, 0.3) is 0 Å². The average Bonchev–Trinajstić information content (AvgIpc) is 3.60. The number of aryl methyl sites for hydroxylation is 5. The van der Waals surface area contributed by atoms with E-state index < -0.39 is 0 Å². The molecular formula is C41H44Cl2Zr-2. The first-order valence-electron chi connectivity index (χ1n) is 15.1. The van der Waals surface area contributed by atoms with Crippen molar-refractivity contribution in [3.8, 4) is 11.1 Å². The normalized spacial score (nSPS) is 11.0. The summed E-state index contributed by atoms with van der Waals surface area (Å²) in [6.45, 7) is 17.7. The second kappa shape index (κ2) is 16.8. The van der Waals surface area contributed by atoms with Gasteiger partial charge in [0.1, 0.15) is 0 Å². The van der Waals surface area contributed by atoms with Crippen LogP contribution in [0.25, 0.3) is 11.1 Å². The molecule has 1 aliphatic carbocycles. The van der Waals surface area contributed by atoms with Crippen molar-refractivity contribution in [3.63, 3.8) is 0 Å².